The third-order valence-electron chi connectivity index (χ3n) is 4.33. The Bertz CT molecular complexity index is 1240. The number of anilines is 3. The number of carbonyl (C=O) groups is 2. The Morgan fingerprint density at radius 1 is 0.818 bits per heavy atom. The number of nitrogens with one attached hydrogen (secondary N) is 4. The molecule has 0 aliphatic heterocycles. The molecule has 0 aromatic heterocycles. The SMILES string of the molecule is C=CCNC(=O)Nc1ccc(NC(=O)c2ccc(NS(=O)(=O)c3ccc(F)cc3)cc2)cc1. The summed E-state index contributed by atoms with van der Waals surface area (Å²) in [7, 11) is -3.89. The molecule has 0 saturated carbocycles. The van der Waals surface area contributed by atoms with Crippen LogP contribution in [0.5, 0.6) is 0 Å². The van der Waals surface area contributed by atoms with Crippen LogP contribution < -0.4 is 20.7 Å². The number of benzene rings is 3. The minimum atomic E-state index is -3.89. The van der Waals surface area contributed by atoms with E-state index in [2.05, 4.69) is 27.3 Å². The van der Waals surface area contributed by atoms with Crippen LogP contribution in [0.4, 0.5) is 26.2 Å². The number of halogens is 1. The van der Waals surface area contributed by atoms with Gasteiger partial charge in [0.1, 0.15) is 5.82 Å². The van der Waals surface area contributed by atoms with Gasteiger partial charge in [-0.3, -0.25) is 9.52 Å². The van der Waals surface area contributed by atoms with Crippen LogP contribution in [0, 0.1) is 5.82 Å². The summed E-state index contributed by atoms with van der Waals surface area (Å²) < 4.78 is 40.1. The maximum atomic E-state index is 13.0. The lowest BCUT2D eigenvalue weighted by molar-refractivity contribution is 0.102. The van der Waals surface area contributed by atoms with Crippen LogP contribution in [0.2, 0.25) is 0 Å². The van der Waals surface area contributed by atoms with Crippen LogP contribution in [0.1, 0.15) is 10.4 Å². The molecule has 0 heterocycles. The second kappa shape index (κ2) is 10.4. The summed E-state index contributed by atoms with van der Waals surface area (Å²) in [5, 5.41) is 7.94. The predicted molar refractivity (Wildman–Crippen MR) is 125 cm³/mol. The first kappa shape index (κ1) is 23.5. The molecule has 8 nitrogen and oxygen atoms in total. The van der Waals surface area contributed by atoms with E-state index in [4.69, 9.17) is 0 Å². The molecule has 3 rings (SSSR count). The summed E-state index contributed by atoms with van der Waals surface area (Å²) in [6, 6.07) is 16.4. The molecular formula is C23H21FN4O4S. The average Bonchev–Trinajstić information content (AvgIpc) is 2.79. The number of hydrogen-bond donors (Lipinski definition) is 4. The highest BCUT2D eigenvalue weighted by molar-refractivity contribution is 7.92. The van der Waals surface area contributed by atoms with Gasteiger partial charge < -0.3 is 16.0 Å². The van der Waals surface area contributed by atoms with Crippen molar-refractivity contribution in [1.29, 1.82) is 0 Å². The van der Waals surface area contributed by atoms with Crippen molar-refractivity contribution in [3.8, 4) is 0 Å². The van der Waals surface area contributed by atoms with Crippen molar-refractivity contribution in [3.05, 3.63) is 96.8 Å². The van der Waals surface area contributed by atoms with Crippen molar-refractivity contribution in [2.75, 3.05) is 21.9 Å². The Balaban J connectivity index is 1.59. The Kier molecular flexibility index (Phi) is 7.42. The number of amides is 3. The molecule has 0 radical (unpaired) electrons. The van der Waals surface area contributed by atoms with Crippen LogP contribution in [0.15, 0.2) is 90.3 Å². The predicted octanol–water partition coefficient (Wildman–Crippen LogP) is 4.19. The highest BCUT2D eigenvalue weighted by Crippen LogP contribution is 2.19. The summed E-state index contributed by atoms with van der Waals surface area (Å²) in [5.41, 5.74) is 1.62. The number of sulfonamides is 1. The number of rotatable bonds is 8. The van der Waals surface area contributed by atoms with E-state index >= 15 is 0 Å². The summed E-state index contributed by atoms with van der Waals surface area (Å²) in [4.78, 5) is 24.0. The van der Waals surface area contributed by atoms with E-state index in [1.807, 2.05) is 0 Å². The Morgan fingerprint density at radius 3 is 1.94 bits per heavy atom. The Labute approximate surface area is 190 Å². The van der Waals surface area contributed by atoms with E-state index in [0.29, 0.717) is 23.5 Å². The van der Waals surface area contributed by atoms with Gasteiger partial charge in [-0.2, -0.15) is 0 Å². The normalized spacial score (nSPS) is 10.7. The first-order valence-corrected chi connectivity index (χ1v) is 11.2. The first-order chi connectivity index (χ1) is 15.8. The van der Waals surface area contributed by atoms with E-state index < -0.39 is 21.7 Å². The zero-order valence-electron chi connectivity index (χ0n) is 17.3. The first-order valence-electron chi connectivity index (χ1n) is 9.72. The Morgan fingerprint density at radius 2 is 1.36 bits per heavy atom. The summed E-state index contributed by atoms with van der Waals surface area (Å²) in [5.74, 6) is -0.934. The van der Waals surface area contributed by atoms with Gasteiger partial charge in [-0.1, -0.05) is 6.08 Å². The van der Waals surface area contributed by atoms with Gasteiger partial charge in [-0.25, -0.2) is 17.6 Å². The maximum Gasteiger partial charge on any atom is 0.319 e. The molecule has 170 valence electrons. The zero-order valence-corrected chi connectivity index (χ0v) is 18.2. The molecule has 3 aromatic rings. The van der Waals surface area contributed by atoms with Gasteiger partial charge in [0.25, 0.3) is 15.9 Å². The van der Waals surface area contributed by atoms with E-state index in [0.717, 1.165) is 24.3 Å². The molecule has 0 aliphatic carbocycles. The van der Waals surface area contributed by atoms with Gasteiger partial charge in [0, 0.05) is 29.2 Å². The largest absolute Gasteiger partial charge is 0.334 e. The molecule has 4 N–H and O–H groups in total. The highest BCUT2D eigenvalue weighted by atomic mass is 32.2. The lowest BCUT2D eigenvalue weighted by Gasteiger charge is -2.10. The minimum Gasteiger partial charge on any atom is -0.334 e. The fraction of sp³-hybridized carbons (Fsp3) is 0.0435. The van der Waals surface area contributed by atoms with E-state index in [-0.39, 0.29) is 16.6 Å². The third-order valence-corrected chi connectivity index (χ3v) is 5.73. The van der Waals surface area contributed by atoms with Crippen LogP contribution in [0.25, 0.3) is 0 Å². The topological polar surface area (TPSA) is 116 Å². The van der Waals surface area contributed by atoms with E-state index in [1.165, 1.54) is 24.3 Å². The second-order valence-corrected chi connectivity index (χ2v) is 8.47. The maximum absolute atomic E-state index is 13.0. The molecule has 0 fully saturated rings. The molecule has 3 amide bonds. The van der Waals surface area contributed by atoms with Crippen molar-refractivity contribution >= 4 is 39.0 Å². The highest BCUT2D eigenvalue weighted by Gasteiger charge is 2.15. The fourth-order valence-electron chi connectivity index (χ4n) is 2.70. The standard InChI is InChI=1S/C23H21FN4O4S/c1-2-15-25-23(30)27-19-11-9-18(10-12-19)26-22(29)16-3-7-20(8-4-16)28-33(31,32)21-13-5-17(24)6-14-21/h2-14,28H,1,15H2,(H,26,29)(H2,25,27,30). The van der Waals surface area contributed by atoms with Gasteiger partial charge in [0.15, 0.2) is 0 Å². The zero-order chi connectivity index (χ0) is 23.8. The molecule has 10 heteroatoms. The quantitative estimate of drug-likeness (QED) is 0.371. The molecule has 3 aromatic carbocycles. The van der Waals surface area contributed by atoms with E-state index in [1.54, 1.807) is 30.3 Å². The van der Waals surface area contributed by atoms with Gasteiger partial charge in [-0.15, -0.1) is 6.58 Å². The molecular weight excluding hydrogens is 447 g/mol. The molecule has 0 saturated heterocycles. The lowest BCUT2D eigenvalue weighted by Crippen LogP contribution is -2.28. The smallest absolute Gasteiger partial charge is 0.319 e. The number of urea groups is 1. The molecule has 0 atom stereocenters. The van der Waals surface area contributed by atoms with Crippen LogP contribution >= 0.6 is 0 Å². The van der Waals surface area contributed by atoms with Gasteiger partial charge in [0.2, 0.25) is 0 Å². The van der Waals surface area contributed by atoms with Crippen molar-refractivity contribution < 1.29 is 22.4 Å². The second-order valence-electron chi connectivity index (χ2n) is 6.79. The van der Waals surface area contributed by atoms with Gasteiger partial charge in [-0.05, 0) is 72.8 Å². The third kappa shape index (κ3) is 6.65. The van der Waals surface area contributed by atoms with Crippen molar-refractivity contribution in [1.82, 2.24) is 5.32 Å². The fourth-order valence-corrected chi connectivity index (χ4v) is 3.76. The molecule has 0 bridgehead atoms. The summed E-state index contributed by atoms with van der Waals surface area (Å²) >= 11 is 0. The number of carbonyl (C=O) groups excluding carboxylic acids is 2. The monoisotopic (exact) mass is 468 g/mol. The van der Waals surface area contributed by atoms with Crippen LogP contribution in [-0.4, -0.2) is 26.9 Å². The van der Waals surface area contributed by atoms with E-state index in [9.17, 15) is 22.4 Å². The van der Waals surface area contributed by atoms with Gasteiger partial charge in [0.05, 0.1) is 4.90 Å². The Hall–Kier alpha value is -4.18. The molecule has 33 heavy (non-hydrogen) atoms. The van der Waals surface area contributed by atoms with Crippen molar-refractivity contribution in [2.45, 2.75) is 4.90 Å². The molecule has 0 aliphatic rings. The average molecular weight is 469 g/mol. The minimum absolute atomic E-state index is 0.0816. The molecule has 0 spiro atoms. The summed E-state index contributed by atoms with van der Waals surface area (Å²) in [6.45, 7) is 3.85. The van der Waals surface area contributed by atoms with Crippen molar-refractivity contribution in [3.63, 3.8) is 0 Å². The van der Waals surface area contributed by atoms with Gasteiger partial charge >= 0.3 is 6.03 Å². The lowest BCUT2D eigenvalue weighted by atomic mass is 10.2. The van der Waals surface area contributed by atoms with Crippen molar-refractivity contribution in [2.24, 2.45) is 0 Å². The summed E-state index contributed by atoms with van der Waals surface area (Å²) in [6.07, 6.45) is 1.56. The van der Waals surface area contributed by atoms with Crippen LogP contribution in [0.3, 0.4) is 0 Å². The van der Waals surface area contributed by atoms with Crippen LogP contribution in [-0.2, 0) is 10.0 Å². The number of hydrogen-bond acceptors (Lipinski definition) is 4. The molecule has 0 unspecified atom stereocenters.